The number of halogens is 1. The van der Waals surface area contributed by atoms with Crippen molar-refractivity contribution >= 4 is 17.5 Å². The Hall–Kier alpha value is -0.540. The summed E-state index contributed by atoms with van der Waals surface area (Å²) >= 11 is 5.26. The molecule has 0 spiro atoms. The summed E-state index contributed by atoms with van der Waals surface area (Å²) in [7, 11) is 0. The Bertz CT molecular complexity index is 136. The topological polar surface area (TPSA) is 41.1 Å². The molecule has 11 heavy (non-hydrogen) atoms. The second-order valence-corrected chi connectivity index (χ2v) is 2.20. The van der Waals surface area contributed by atoms with Gasteiger partial charge in [-0.2, -0.15) is 0 Å². The summed E-state index contributed by atoms with van der Waals surface area (Å²) in [6, 6.07) is 0. The van der Waals surface area contributed by atoms with Gasteiger partial charge in [-0.25, -0.2) is 0 Å². The van der Waals surface area contributed by atoms with Gasteiger partial charge in [0.1, 0.15) is 0 Å². The molecule has 0 heterocycles. The van der Waals surface area contributed by atoms with Gasteiger partial charge in [-0.05, 0) is 6.92 Å². The molecule has 4 heteroatoms. The van der Waals surface area contributed by atoms with Gasteiger partial charge >= 0.3 is 0 Å². The molecule has 0 saturated heterocycles. The van der Waals surface area contributed by atoms with Crippen LogP contribution in [0.3, 0.4) is 0 Å². The minimum absolute atomic E-state index is 0.00970. The largest absolute Gasteiger partial charge is 0.355 e. The van der Waals surface area contributed by atoms with Crippen LogP contribution in [0.15, 0.2) is 11.6 Å². The Morgan fingerprint density at radius 1 is 1.64 bits per heavy atom. The van der Waals surface area contributed by atoms with Crippen molar-refractivity contribution in [1.29, 1.82) is 0 Å². The number of hydrogen-bond acceptors (Lipinski definition) is 2. The van der Waals surface area contributed by atoms with E-state index in [-0.39, 0.29) is 5.91 Å². The van der Waals surface area contributed by atoms with Gasteiger partial charge in [0.05, 0.1) is 6.54 Å². The van der Waals surface area contributed by atoms with E-state index in [1.54, 1.807) is 6.08 Å². The van der Waals surface area contributed by atoms with Gasteiger partial charge in [0.25, 0.3) is 0 Å². The molecule has 0 bridgehead atoms. The summed E-state index contributed by atoms with van der Waals surface area (Å²) in [4.78, 5) is 10.8. The minimum Gasteiger partial charge on any atom is -0.355 e. The van der Waals surface area contributed by atoms with Crippen molar-refractivity contribution in [3.8, 4) is 0 Å². The van der Waals surface area contributed by atoms with Crippen molar-refractivity contribution in [2.45, 2.75) is 6.92 Å². The molecular formula is C7H13ClN2O. The molecule has 0 aromatic heterocycles. The van der Waals surface area contributed by atoms with E-state index in [4.69, 9.17) is 11.6 Å². The van der Waals surface area contributed by atoms with Crippen LogP contribution in [0.4, 0.5) is 0 Å². The van der Waals surface area contributed by atoms with Crippen LogP contribution in [0.25, 0.3) is 0 Å². The Kier molecular flexibility index (Phi) is 7.19. The highest BCUT2D eigenvalue weighted by Crippen LogP contribution is 1.74. The van der Waals surface area contributed by atoms with Gasteiger partial charge in [0, 0.05) is 18.6 Å². The van der Waals surface area contributed by atoms with Crippen molar-refractivity contribution in [3.63, 3.8) is 0 Å². The number of amides is 1. The normalized spacial score (nSPS) is 10.4. The van der Waals surface area contributed by atoms with Gasteiger partial charge in [0.15, 0.2) is 0 Å². The Morgan fingerprint density at radius 3 is 2.91 bits per heavy atom. The molecule has 64 valence electrons. The van der Waals surface area contributed by atoms with Crippen molar-refractivity contribution in [2.75, 3.05) is 19.6 Å². The van der Waals surface area contributed by atoms with Crippen LogP contribution in [0.1, 0.15) is 6.92 Å². The van der Waals surface area contributed by atoms with Crippen LogP contribution >= 0.6 is 11.6 Å². The number of carbonyl (C=O) groups is 1. The lowest BCUT2D eigenvalue weighted by Gasteiger charge is -2.00. The molecule has 0 aliphatic heterocycles. The predicted octanol–water partition coefficient (Wildman–Crippen LogP) is 0.465. The third-order valence-electron chi connectivity index (χ3n) is 1.01. The molecule has 0 aromatic carbocycles. The zero-order valence-electron chi connectivity index (χ0n) is 6.56. The first-order valence-electron chi connectivity index (χ1n) is 3.54. The SMILES string of the molecule is CCNC(=O)CNC/C=C/Cl. The fraction of sp³-hybridized carbons (Fsp3) is 0.571. The maximum atomic E-state index is 10.8. The molecule has 0 aliphatic rings. The first-order valence-corrected chi connectivity index (χ1v) is 3.97. The van der Waals surface area contributed by atoms with E-state index in [0.29, 0.717) is 19.6 Å². The van der Waals surface area contributed by atoms with Crippen molar-refractivity contribution in [3.05, 3.63) is 11.6 Å². The van der Waals surface area contributed by atoms with E-state index < -0.39 is 0 Å². The quantitative estimate of drug-likeness (QED) is 0.598. The molecular weight excluding hydrogens is 164 g/mol. The minimum atomic E-state index is 0.00970. The average molecular weight is 177 g/mol. The Morgan fingerprint density at radius 2 is 2.36 bits per heavy atom. The zero-order valence-corrected chi connectivity index (χ0v) is 7.32. The zero-order chi connectivity index (χ0) is 8.53. The van der Waals surface area contributed by atoms with Gasteiger partial charge in [-0.3, -0.25) is 4.79 Å². The smallest absolute Gasteiger partial charge is 0.233 e. The van der Waals surface area contributed by atoms with E-state index in [1.165, 1.54) is 5.54 Å². The summed E-state index contributed by atoms with van der Waals surface area (Å²) in [5.74, 6) is 0.00970. The number of carbonyl (C=O) groups excluding carboxylic acids is 1. The first-order chi connectivity index (χ1) is 5.31. The molecule has 0 rings (SSSR count). The number of nitrogens with one attached hydrogen (secondary N) is 2. The van der Waals surface area contributed by atoms with E-state index in [2.05, 4.69) is 10.6 Å². The third kappa shape index (κ3) is 7.36. The molecule has 0 aromatic rings. The summed E-state index contributed by atoms with van der Waals surface area (Å²) in [6.07, 6.45) is 1.74. The highest BCUT2D eigenvalue weighted by Gasteiger charge is 1.94. The van der Waals surface area contributed by atoms with E-state index in [1.807, 2.05) is 6.92 Å². The van der Waals surface area contributed by atoms with Crippen LogP contribution in [0.2, 0.25) is 0 Å². The summed E-state index contributed by atoms with van der Waals surface area (Å²) < 4.78 is 0. The van der Waals surface area contributed by atoms with Gasteiger partial charge < -0.3 is 10.6 Å². The van der Waals surface area contributed by atoms with Gasteiger partial charge in [-0.1, -0.05) is 17.7 Å². The van der Waals surface area contributed by atoms with Gasteiger partial charge in [0.2, 0.25) is 5.91 Å². The first kappa shape index (κ1) is 10.5. The average Bonchev–Trinajstić information content (AvgIpc) is 1.99. The Balaban J connectivity index is 3.17. The highest BCUT2D eigenvalue weighted by atomic mass is 35.5. The second kappa shape index (κ2) is 7.57. The number of hydrogen-bond donors (Lipinski definition) is 2. The molecule has 0 fully saturated rings. The fourth-order valence-corrected chi connectivity index (χ4v) is 0.662. The summed E-state index contributed by atoms with van der Waals surface area (Å²) in [6.45, 7) is 3.53. The maximum absolute atomic E-state index is 10.8. The molecule has 0 saturated carbocycles. The Labute approximate surface area is 71.8 Å². The molecule has 0 aliphatic carbocycles. The summed E-state index contributed by atoms with van der Waals surface area (Å²) in [5, 5.41) is 5.55. The van der Waals surface area contributed by atoms with Crippen LogP contribution in [-0.4, -0.2) is 25.5 Å². The lowest BCUT2D eigenvalue weighted by atomic mass is 10.5. The third-order valence-corrected chi connectivity index (χ3v) is 1.19. The van der Waals surface area contributed by atoms with Crippen molar-refractivity contribution in [1.82, 2.24) is 10.6 Å². The number of rotatable bonds is 5. The monoisotopic (exact) mass is 176 g/mol. The predicted molar refractivity (Wildman–Crippen MR) is 46.5 cm³/mol. The molecule has 3 nitrogen and oxygen atoms in total. The lowest BCUT2D eigenvalue weighted by Crippen LogP contribution is -2.33. The van der Waals surface area contributed by atoms with Crippen LogP contribution in [0, 0.1) is 0 Å². The van der Waals surface area contributed by atoms with Crippen molar-refractivity contribution in [2.24, 2.45) is 0 Å². The maximum Gasteiger partial charge on any atom is 0.233 e. The van der Waals surface area contributed by atoms with Crippen LogP contribution in [0.5, 0.6) is 0 Å². The molecule has 0 unspecified atom stereocenters. The molecule has 1 amide bonds. The lowest BCUT2D eigenvalue weighted by molar-refractivity contribution is -0.120. The molecule has 0 atom stereocenters. The summed E-state index contributed by atoms with van der Waals surface area (Å²) in [5.41, 5.74) is 1.42. The van der Waals surface area contributed by atoms with E-state index in [9.17, 15) is 4.79 Å². The van der Waals surface area contributed by atoms with Gasteiger partial charge in [-0.15, -0.1) is 0 Å². The fourth-order valence-electron chi connectivity index (χ4n) is 0.573. The van der Waals surface area contributed by atoms with E-state index in [0.717, 1.165) is 0 Å². The molecule has 2 N–H and O–H groups in total. The highest BCUT2D eigenvalue weighted by molar-refractivity contribution is 6.25. The standard InChI is InChI=1S/C7H13ClN2O/c1-2-10-7(11)6-9-5-3-4-8/h3-4,9H,2,5-6H2,1H3,(H,10,11)/b4-3+. The van der Waals surface area contributed by atoms with Crippen LogP contribution < -0.4 is 10.6 Å². The van der Waals surface area contributed by atoms with Crippen LogP contribution in [-0.2, 0) is 4.79 Å². The molecule has 0 radical (unpaired) electrons. The van der Waals surface area contributed by atoms with E-state index >= 15 is 0 Å². The number of likely N-dealkylation sites (N-methyl/N-ethyl adjacent to an activating group) is 1. The van der Waals surface area contributed by atoms with Crippen molar-refractivity contribution < 1.29 is 4.79 Å². The second-order valence-electron chi connectivity index (χ2n) is 1.95.